The van der Waals surface area contributed by atoms with E-state index in [-0.39, 0.29) is 50.9 Å². The van der Waals surface area contributed by atoms with Gasteiger partial charge in [-0.3, -0.25) is 9.59 Å². The molecule has 0 aromatic heterocycles. The lowest BCUT2D eigenvalue weighted by Crippen LogP contribution is -2.46. The molecule has 0 bridgehead atoms. The van der Waals surface area contributed by atoms with Crippen molar-refractivity contribution in [3.05, 3.63) is 83.9 Å². The van der Waals surface area contributed by atoms with Crippen LogP contribution in [0.3, 0.4) is 0 Å². The molecule has 0 fully saturated rings. The van der Waals surface area contributed by atoms with E-state index in [9.17, 15) is 24.3 Å². The molecule has 2 aromatic rings. The van der Waals surface area contributed by atoms with Crippen LogP contribution < -0.4 is 16.0 Å². The highest BCUT2D eigenvalue weighted by molar-refractivity contribution is 5.86. The summed E-state index contributed by atoms with van der Waals surface area (Å²) < 4.78 is 10.6. The third-order valence-electron chi connectivity index (χ3n) is 6.33. The summed E-state index contributed by atoms with van der Waals surface area (Å²) in [4.78, 5) is 50.7. The molecule has 1 heterocycles. The van der Waals surface area contributed by atoms with Gasteiger partial charge >= 0.3 is 12.1 Å². The van der Waals surface area contributed by atoms with Gasteiger partial charge in [-0.2, -0.15) is 0 Å². The Morgan fingerprint density at radius 2 is 1.68 bits per heavy atom. The summed E-state index contributed by atoms with van der Waals surface area (Å²) in [6.07, 6.45) is 3.36. The van der Waals surface area contributed by atoms with E-state index < -0.39 is 36.1 Å². The maximum atomic E-state index is 12.9. The fourth-order valence-electron chi connectivity index (χ4n) is 4.18. The molecule has 0 saturated heterocycles. The van der Waals surface area contributed by atoms with Crippen molar-refractivity contribution >= 4 is 23.9 Å². The van der Waals surface area contributed by atoms with Crippen molar-refractivity contribution in [2.45, 2.75) is 57.3 Å². The van der Waals surface area contributed by atoms with Crippen LogP contribution in [0.5, 0.6) is 0 Å². The zero-order valence-corrected chi connectivity index (χ0v) is 22.6. The fraction of sp³-hybridized carbons (Fsp3) is 0.400. The molecule has 4 N–H and O–H groups in total. The molecule has 0 aliphatic carbocycles. The predicted octanol–water partition coefficient (Wildman–Crippen LogP) is 2.41. The van der Waals surface area contributed by atoms with E-state index in [1.165, 1.54) is 0 Å². The molecule has 0 radical (unpaired) electrons. The van der Waals surface area contributed by atoms with Crippen LogP contribution in [0.15, 0.2) is 72.8 Å². The SMILES string of the molecule is C[C@H]1COC(=O)[C@H](NC(=O)OCc2ccccc2)CC=CC[C@H](CC(=O)N[C@@H](CO)Cc2ccccc2)C(=O)N1. The smallest absolute Gasteiger partial charge is 0.408 e. The lowest BCUT2D eigenvalue weighted by atomic mass is 9.97. The number of amides is 3. The Balaban J connectivity index is 1.58. The van der Waals surface area contributed by atoms with Crippen molar-refractivity contribution in [1.29, 1.82) is 0 Å². The second-order valence-electron chi connectivity index (χ2n) is 9.78. The molecule has 1 aliphatic rings. The van der Waals surface area contributed by atoms with Crippen LogP contribution >= 0.6 is 0 Å². The predicted molar refractivity (Wildman–Crippen MR) is 148 cm³/mol. The lowest BCUT2D eigenvalue weighted by Gasteiger charge is -2.23. The van der Waals surface area contributed by atoms with Gasteiger partial charge in [-0.25, -0.2) is 9.59 Å². The van der Waals surface area contributed by atoms with Crippen LogP contribution in [-0.4, -0.2) is 60.3 Å². The Kier molecular flexibility index (Phi) is 12.2. The molecular weight excluding hydrogens is 514 g/mol. The minimum Gasteiger partial charge on any atom is -0.462 e. The molecule has 40 heavy (non-hydrogen) atoms. The quantitative estimate of drug-likeness (QED) is 0.277. The fourth-order valence-corrected chi connectivity index (χ4v) is 4.18. The molecule has 0 spiro atoms. The van der Waals surface area contributed by atoms with Gasteiger partial charge in [0.05, 0.1) is 24.6 Å². The molecular formula is C30H37N3O7. The number of rotatable bonds is 9. The number of hydrogen-bond donors (Lipinski definition) is 4. The minimum atomic E-state index is -0.980. The Labute approximate surface area is 234 Å². The van der Waals surface area contributed by atoms with Crippen LogP contribution in [0, 0.1) is 5.92 Å². The average molecular weight is 552 g/mol. The highest BCUT2D eigenvalue weighted by Crippen LogP contribution is 2.14. The van der Waals surface area contributed by atoms with Crippen molar-refractivity contribution in [1.82, 2.24) is 16.0 Å². The average Bonchev–Trinajstić information content (AvgIpc) is 2.95. The first-order chi connectivity index (χ1) is 19.3. The summed E-state index contributed by atoms with van der Waals surface area (Å²) in [6.45, 7) is 1.40. The van der Waals surface area contributed by atoms with E-state index in [2.05, 4.69) is 16.0 Å². The van der Waals surface area contributed by atoms with Crippen LogP contribution in [-0.2, 0) is 36.9 Å². The zero-order chi connectivity index (χ0) is 28.7. The summed E-state index contributed by atoms with van der Waals surface area (Å²) in [5, 5.41) is 17.9. The van der Waals surface area contributed by atoms with Crippen LogP contribution in [0.4, 0.5) is 4.79 Å². The van der Waals surface area contributed by atoms with E-state index in [4.69, 9.17) is 9.47 Å². The van der Waals surface area contributed by atoms with Crippen molar-refractivity contribution in [2.75, 3.05) is 13.2 Å². The molecule has 2 aromatic carbocycles. The first kappa shape index (κ1) is 30.4. The molecule has 3 rings (SSSR count). The number of ether oxygens (including phenoxy) is 2. The first-order valence-electron chi connectivity index (χ1n) is 13.4. The zero-order valence-electron chi connectivity index (χ0n) is 22.6. The number of carbonyl (C=O) groups excluding carboxylic acids is 4. The van der Waals surface area contributed by atoms with E-state index in [0.29, 0.717) is 6.42 Å². The van der Waals surface area contributed by atoms with Gasteiger partial charge in [0.1, 0.15) is 19.3 Å². The molecule has 10 nitrogen and oxygen atoms in total. The van der Waals surface area contributed by atoms with Crippen molar-refractivity contribution in [3.8, 4) is 0 Å². The van der Waals surface area contributed by atoms with E-state index >= 15 is 0 Å². The maximum Gasteiger partial charge on any atom is 0.408 e. The molecule has 0 saturated carbocycles. The van der Waals surface area contributed by atoms with Gasteiger partial charge in [-0.1, -0.05) is 72.8 Å². The lowest BCUT2D eigenvalue weighted by molar-refractivity contribution is -0.147. The van der Waals surface area contributed by atoms with E-state index in [1.807, 2.05) is 60.7 Å². The van der Waals surface area contributed by atoms with Gasteiger partial charge < -0.3 is 30.5 Å². The highest BCUT2D eigenvalue weighted by atomic mass is 16.6. The number of aliphatic hydroxyl groups excluding tert-OH is 1. The second kappa shape index (κ2) is 16.0. The minimum absolute atomic E-state index is 0.0551. The standard InChI is InChI=1S/C30H37N3O7/c1-21-19-39-29(37)26(33-30(38)40-20-23-12-6-3-7-13-23)15-9-8-14-24(28(36)31-21)17-27(35)32-25(18-34)16-22-10-4-2-5-11-22/h2-13,21,24-26,34H,14-20H2,1H3,(H,31,36)(H,32,35)(H,33,38)/t21-,24+,25+,26+/m0/s1. The Morgan fingerprint density at radius 3 is 2.35 bits per heavy atom. The van der Waals surface area contributed by atoms with Gasteiger partial charge in [0.25, 0.3) is 0 Å². The molecule has 214 valence electrons. The first-order valence-corrected chi connectivity index (χ1v) is 13.4. The Hall–Kier alpha value is -4.18. The van der Waals surface area contributed by atoms with E-state index in [1.54, 1.807) is 19.1 Å². The molecule has 0 unspecified atom stereocenters. The summed E-state index contributed by atoms with van der Waals surface area (Å²) in [5.41, 5.74) is 1.79. The number of aliphatic hydroxyl groups is 1. The van der Waals surface area contributed by atoms with E-state index in [0.717, 1.165) is 11.1 Å². The van der Waals surface area contributed by atoms with Crippen molar-refractivity contribution in [3.63, 3.8) is 0 Å². The van der Waals surface area contributed by atoms with Crippen molar-refractivity contribution < 1.29 is 33.8 Å². The monoisotopic (exact) mass is 551 g/mol. The Bertz CT molecular complexity index is 1140. The Morgan fingerprint density at radius 1 is 1.02 bits per heavy atom. The molecule has 3 amide bonds. The number of alkyl carbamates (subject to hydrolysis) is 1. The van der Waals surface area contributed by atoms with Crippen LogP contribution in [0.25, 0.3) is 0 Å². The third kappa shape index (κ3) is 10.5. The third-order valence-corrected chi connectivity index (χ3v) is 6.33. The van der Waals surface area contributed by atoms with Gasteiger partial charge in [-0.15, -0.1) is 0 Å². The number of carbonyl (C=O) groups is 4. The van der Waals surface area contributed by atoms with Crippen LogP contribution in [0.2, 0.25) is 0 Å². The number of nitrogens with one attached hydrogen (secondary N) is 3. The summed E-state index contributed by atoms with van der Waals surface area (Å²) in [6, 6.07) is 16.7. The van der Waals surface area contributed by atoms with Gasteiger partial charge in [0, 0.05) is 6.42 Å². The van der Waals surface area contributed by atoms with Crippen LogP contribution in [0.1, 0.15) is 37.3 Å². The second-order valence-corrected chi connectivity index (χ2v) is 9.78. The maximum absolute atomic E-state index is 12.9. The topological polar surface area (TPSA) is 143 Å². The van der Waals surface area contributed by atoms with Gasteiger partial charge in [0.15, 0.2) is 0 Å². The van der Waals surface area contributed by atoms with Gasteiger partial charge in [0.2, 0.25) is 11.8 Å². The molecule has 1 aliphatic heterocycles. The number of allylic oxidation sites excluding steroid dienone is 1. The number of cyclic esters (lactones) is 1. The summed E-state index contributed by atoms with van der Waals surface area (Å²) in [5.74, 6) is -2.01. The highest BCUT2D eigenvalue weighted by Gasteiger charge is 2.27. The number of benzene rings is 2. The number of esters is 1. The largest absolute Gasteiger partial charge is 0.462 e. The molecule has 10 heteroatoms. The normalized spacial score (nSPS) is 20.6. The summed E-state index contributed by atoms with van der Waals surface area (Å²) in [7, 11) is 0. The number of hydrogen-bond acceptors (Lipinski definition) is 7. The van der Waals surface area contributed by atoms with Crippen molar-refractivity contribution in [2.24, 2.45) is 5.92 Å². The van der Waals surface area contributed by atoms with Gasteiger partial charge in [-0.05, 0) is 37.3 Å². The molecule has 4 atom stereocenters. The summed E-state index contributed by atoms with van der Waals surface area (Å²) >= 11 is 0.